The van der Waals surface area contributed by atoms with E-state index in [1.807, 2.05) is 10.6 Å². The summed E-state index contributed by atoms with van der Waals surface area (Å²) in [5.41, 5.74) is 7.51. The van der Waals surface area contributed by atoms with Crippen LogP contribution in [0.2, 0.25) is 0 Å². The highest BCUT2D eigenvalue weighted by Crippen LogP contribution is 2.06. The van der Waals surface area contributed by atoms with Crippen molar-refractivity contribution in [3.63, 3.8) is 0 Å². The molecule has 0 radical (unpaired) electrons. The Kier molecular flexibility index (Phi) is 1.75. The smallest absolute Gasteiger partial charge is 0.0993 e. The van der Waals surface area contributed by atoms with Gasteiger partial charge in [-0.05, 0) is 6.54 Å². The van der Waals surface area contributed by atoms with Gasteiger partial charge in [0.2, 0.25) is 0 Å². The highest BCUT2D eigenvalue weighted by Gasteiger charge is 2.00. The van der Waals surface area contributed by atoms with Gasteiger partial charge in [0.1, 0.15) is 0 Å². The lowest BCUT2D eigenvalue weighted by Crippen LogP contribution is -2.05. The van der Waals surface area contributed by atoms with Crippen LogP contribution in [-0.2, 0) is 6.42 Å². The van der Waals surface area contributed by atoms with Gasteiger partial charge < -0.3 is 10.1 Å². The molecule has 0 aliphatic carbocycles. The number of fused-ring (bicyclic) bond motifs is 1. The van der Waals surface area contributed by atoms with Crippen molar-refractivity contribution in [3.8, 4) is 0 Å². The minimum atomic E-state index is 0.623. The van der Waals surface area contributed by atoms with Gasteiger partial charge in [-0.25, -0.2) is 4.98 Å². The molecule has 0 fully saturated rings. The average Bonchev–Trinajstić information content (AvgIpc) is 2.53. The molecule has 4 heteroatoms. The minimum absolute atomic E-state index is 0.623. The predicted molar refractivity (Wildman–Crippen MR) is 45.7 cm³/mol. The van der Waals surface area contributed by atoms with Crippen molar-refractivity contribution in [2.24, 2.45) is 5.73 Å². The van der Waals surface area contributed by atoms with Gasteiger partial charge >= 0.3 is 0 Å². The summed E-state index contributed by atoms with van der Waals surface area (Å²) in [6, 6.07) is 0. The lowest BCUT2D eigenvalue weighted by molar-refractivity contribution is 0.916. The number of rotatable bonds is 2. The van der Waals surface area contributed by atoms with Crippen LogP contribution in [0.1, 0.15) is 5.69 Å². The number of nitrogens with zero attached hydrogens (tertiary/aromatic N) is 3. The molecule has 0 unspecified atom stereocenters. The molecule has 2 aromatic rings. The lowest BCUT2D eigenvalue weighted by atomic mass is 10.3. The largest absolute Gasteiger partial charge is 0.330 e. The Morgan fingerprint density at radius 2 is 2.42 bits per heavy atom. The van der Waals surface area contributed by atoms with Crippen molar-refractivity contribution in [1.82, 2.24) is 14.4 Å². The van der Waals surface area contributed by atoms with Crippen molar-refractivity contribution >= 4 is 5.52 Å². The zero-order chi connectivity index (χ0) is 8.39. The van der Waals surface area contributed by atoms with Gasteiger partial charge in [-0.2, -0.15) is 0 Å². The maximum Gasteiger partial charge on any atom is 0.0993 e. The Bertz CT molecular complexity index is 379. The molecule has 0 aliphatic rings. The van der Waals surface area contributed by atoms with Gasteiger partial charge in [0.15, 0.2) is 0 Å². The number of hydrogen-bond acceptors (Lipinski definition) is 3. The van der Waals surface area contributed by atoms with E-state index in [1.54, 1.807) is 18.7 Å². The Labute approximate surface area is 70.1 Å². The van der Waals surface area contributed by atoms with Crippen molar-refractivity contribution in [3.05, 3.63) is 30.6 Å². The van der Waals surface area contributed by atoms with E-state index in [9.17, 15) is 0 Å². The molecule has 0 amide bonds. The summed E-state index contributed by atoms with van der Waals surface area (Å²) in [6.07, 6.45) is 8.01. The van der Waals surface area contributed by atoms with Crippen LogP contribution in [0, 0.1) is 0 Å². The number of imidazole rings is 1. The van der Waals surface area contributed by atoms with Gasteiger partial charge in [0.25, 0.3) is 0 Å². The van der Waals surface area contributed by atoms with Crippen LogP contribution < -0.4 is 5.73 Å². The fraction of sp³-hybridized carbons (Fsp3) is 0.250. The molecule has 2 rings (SSSR count). The molecule has 0 atom stereocenters. The molecule has 0 aliphatic heterocycles. The molecule has 0 spiro atoms. The summed E-state index contributed by atoms with van der Waals surface area (Å²) in [7, 11) is 0. The van der Waals surface area contributed by atoms with Crippen LogP contribution in [0.4, 0.5) is 0 Å². The molecular formula is C8H10N4. The normalized spacial score (nSPS) is 10.8. The van der Waals surface area contributed by atoms with E-state index in [0.29, 0.717) is 6.54 Å². The predicted octanol–water partition coefficient (Wildman–Crippen LogP) is 0.230. The van der Waals surface area contributed by atoms with Crippen LogP contribution in [-0.4, -0.2) is 20.9 Å². The highest BCUT2D eigenvalue weighted by atomic mass is 15.0. The highest BCUT2D eigenvalue weighted by molar-refractivity contribution is 5.49. The van der Waals surface area contributed by atoms with Crippen molar-refractivity contribution in [2.45, 2.75) is 6.42 Å². The first-order chi connectivity index (χ1) is 5.92. The molecule has 62 valence electrons. The maximum absolute atomic E-state index is 5.45. The van der Waals surface area contributed by atoms with E-state index in [-0.39, 0.29) is 0 Å². The fourth-order valence-corrected chi connectivity index (χ4v) is 1.24. The van der Waals surface area contributed by atoms with E-state index in [2.05, 4.69) is 9.97 Å². The number of aromatic nitrogens is 3. The Morgan fingerprint density at radius 3 is 3.25 bits per heavy atom. The molecule has 2 aromatic heterocycles. The zero-order valence-electron chi connectivity index (χ0n) is 6.64. The fourth-order valence-electron chi connectivity index (χ4n) is 1.24. The SMILES string of the molecule is NCCc1nccn2cncc12. The summed E-state index contributed by atoms with van der Waals surface area (Å²) >= 11 is 0. The Balaban J connectivity index is 2.57. The molecular weight excluding hydrogens is 152 g/mol. The van der Waals surface area contributed by atoms with Gasteiger partial charge in [-0.1, -0.05) is 0 Å². The molecule has 2 heterocycles. The third kappa shape index (κ3) is 1.06. The topological polar surface area (TPSA) is 56.2 Å². The molecule has 0 saturated heterocycles. The summed E-state index contributed by atoms with van der Waals surface area (Å²) in [6.45, 7) is 0.623. The van der Waals surface area contributed by atoms with Crippen molar-refractivity contribution in [2.75, 3.05) is 6.54 Å². The summed E-state index contributed by atoms with van der Waals surface area (Å²) < 4.78 is 1.94. The second kappa shape index (κ2) is 2.91. The lowest BCUT2D eigenvalue weighted by Gasteiger charge is -1.99. The van der Waals surface area contributed by atoms with E-state index in [1.165, 1.54) is 0 Å². The van der Waals surface area contributed by atoms with Crippen LogP contribution in [0.15, 0.2) is 24.9 Å². The average molecular weight is 162 g/mol. The molecule has 4 nitrogen and oxygen atoms in total. The number of hydrogen-bond donors (Lipinski definition) is 1. The Hall–Kier alpha value is -1.42. The van der Waals surface area contributed by atoms with E-state index in [4.69, 9.17) is 5.73 Å². The summed E-state index contributed by atoms with van der Waals surface area (Å²) in [5.74, 6) is 0. The second-order valence-corrected chi connectivity index (χ2v) is 2.60. The van der Waals surface area contributed by atoms with Crippen LogP contribution >= 0.6 is 0 Å². The first-order valence-corrected chi connectivity index (χ1v) is 3.87. The monoisotopic (exact) mass is 162 g/mol. The molecule has 12 heavy (non-hydrogen) atoms. The standard InChI is InChI=1S/C8H10N4/c9-2-1-7-8-5-10-6-12(8)4-3-11-7/h3-6H,1-2,9H2. The van der Waals surface area contributed by atoms with Crippen LogP contribution in [0.5, 0.6) is 0 Å². The first kappa shape index (κ1) is 7.24. The maximum atomic E-state index is 5.45. The van der Waals surface area contributed by atoms with E-state index in [0.717, 1.165) is 17.6 Å². The van der Waals surface area contributed by atoms with Crippen molar-refractivity contribution in [1.29, 1.82) is 0 Å². The first-order valence-electron chi connectivity index (χ1n) is 3.87. The van der Waals surface area contributed by atoms with Crippen LogP contribution in [0.25, 0.3) is 5.52 Å². The van der Waals surface area contributed by atoms with E-state index >= 15 is 0 Å². The van der Waals surface area contributed by atoms with Crippen LogP contribution in [0.3, 0.4) is 0 Å². The minimum Gasteiger partial charge on any atom is -0.330 e. The molecule has 0 aromatic carbocycles. The van der Waals surface area contributed by atoms with Crippen molar-refractivity contribution < 1.29 is 0 Å². The van der Waals surface area contributed by atoms with Gasteiger partial charge in [0, 0.05) is 18.8 Å². The summed E-state index contributed by atoms with van der Waals surface area (Å²) in [4.78, 5) is 8.25. The second-order valence-electron chi connectivity index (χ2n) is 2.60. The van der Waals surface area contributed by atoms with E-state index < -0.39 is 0 Å². The van der Waals surface area contributed by atoms with Gasteiger partial charge in [-0.15, -0.1) is 0 Å². The third-order valence-electron chi connectivity index (χ3n) is 1.80. The molecule has 0 bridgehead atoms. The van der Waals surface area contributed by atoms with Gasteiger partial charge in [-0.3, -0.25) is 4.98 Å². The molecule has 2 N–H and O–H groups in total. The quantitative estimate of drug-likeness (QED) is 0.687. The molecule has 0 saturated carbocycles. The Morgan fingerprint density at radius 1 is 1.50 bits per heavy atom. The third-order valence-corrected chi connectivity index (χ3v) is 1.80. The summed E-state index contributed by atoms with van der Waals surface area (Å²) in [5, 5.41) is 0. The van der Waals surface area contributed by atoms with Gasteiger partial charge in [0.05, 0.1) is 23.7 Å². The number of nitrogens with two attached hydrogens (primary N) is 1. The zero-order valence-corrected chi connectivity index (χ0v) is 6.64.